The highest BCUT2D eigenvalue weighted by molar-refractivity contribution is 5.38. The highest BCUT2D eigenvalue weighted by atomic mass is 16.6. The van der Waals surface area contributed by atoms with Crippen molar-refractivity contribution < 1.29 is 19.1 Å². The lowest BCUT2D eigenvalue weighted by atomic mass is 10.4. The molecule has 0 saturated heterocycles. The van der Waals surface area contributed by atoms with Gasteiger partial charge in [0.05, 0.1) is 6.61 Å². The molecule has 0 spiro atoms. The number of rotatable bonds is 7. The van der Waals surface area contributed by atoms with Crippen LogP contribution < -0.4 is 4.74 Å². The standard InChI is InChI=1S/C10H14N2O5/c1-15-6-8(16-2)7-17-9-4-3-5-11-10(9)12(13)14/h3-5,8H,6-7H2,1-2H3. The van der Waals surface area contributed by atoms with E-state index in [4.69, 9.17) is 14.2 Å². The number of nitrogens with zero attached hydrogens (tertiary/aromatic N) is 2. The van der Waals surface area contributed by atoms with E-state index in [1.54, 1.807) is 13.2 Å². The Hall–Kier alpha value is -1.73. The molecule has 7 nitrogen and oxygen atoms in total. The molecule has 1 unspecified atom stereocenters. The topological polar surface area (TPSA) is 83.7 Å². The lowest BCUT2D eigenvalue weighted by molar-refractivity contribution is -0.390. The van der Waals surface area contributed by atoms with Crippen LogP contribution in [0.1, 0.15) is 0 Å². The van der Waals surface area contributed by atoms with Crippen molar-refractivity contribution in [3.05, 3.63) is 28.4 Å². The third kappa shape index (κ3) is 3.97. The number of hydrogen-bond donors (Lipinski definition) is 0. The molecule has 0 saturated carbocycles. The minimum atomic E-state index is -0.590. The first kappa shape index (κ1) is 13.3. The van der Waals surface area contributed by atoms with E-state index < -0.39 is 4.92 Å². The van der Waals surface area contributed by atoms with Crippen LogP contribution in [0.3, 0.4) is 0 Å². The smallest absolute Gasteiger partial charge is 0.406 e. The number of pyridine rings is 1. The second-order valence-electron chi connectivity index (χ2n) is 3.21. The molecule has 0 bridgehead atoms. The van der Waals surface area contributed by atoms with Crippen LogP contribution in [-0.2, 0) is 9.47 Å². The molecule has 94 valence electrons. The average molecular weight is 242 g/mol. The molecule has 0 N–H and O–H groups in total. The Labute approximate surface area is 98.5 Å². The summed E-state index contributed by atoms with van der Waals surface area (Å²) in [6.07, 6.45) is 1.06. The summed E-state index contributed by atoms with van der Waals surface area (Å²) in [5.41, 5.74) is 0. The molecule has 0 radical (unpaired) electrons. The van der Waals surface area contributed by atoms with Gasteiger partial charge in [-0.05, 0) is 22.0 Å². The van der Waals surface area contributed by atoms with E-state index >= 15 is 0 Å². The van der Waals surface area contributed by atoms with Gasteiger partial charge in [-0.2, -0.15) is 0 Å². The summed E-state index contributed by atoms with van der Waals surface area (Å²) in [5, 5.41) is 10.7. The van der Waals surface area contributed by atoms with Crippen molar-refractivity contribution in [1.82, 2.24) is 4.98 Å². The molecule has 0 aliphatic rings. The summed E-state index contributed by atoms with van der Waals surface area (Å²) >= 11 is 0. The highest BCUT2D eigenvalue weighted by Gasteiger charge is 2.17. The van der Waals surface area contributed by atoms with E-state index in [2.05, 4.69) is 4.98 Å². The lowest BCUT2D eigenvalue weighted by Gasteiger charge is -2.14. The Morgan fingerprint density at radius 1 is 1.47 bits per heavy atom. The van der Waals surface area contributed by atoms with Crippen molar-refractivity contribution >= 4 is 5.82 Å². The van der Waals surface area contributed by atoms with E-state index in [0.717, 1.165) is 0 Å². The van der Waals surface area contributed by atoms with Gasteiger partial charge in [-0.25, -0.2) is 0 Å². The zero-order valence-electron chi connectivity index (χ0n) is 9.66. The molecule has 1 atom stereocenters. The van der Waals surface area contributed by atoms with Gasteiger partial charge in [0.2, 0.25) is 5.75 Å². The Kier molecular flexibility index (Phi) is 5.31. The summed E-state index contributed by atoms with van der Waals surface area (Å²) in [7, 11) is 3.06. The van der Waals surface area contributed by atoms with Gasteiger partial charge >= 0.3 is 5.82 Å². The zero-order chi connectivity index (χ0) is 12.7. The van der Waals surface area contributed by atoms with Crippen LogP contribution >= 0.6 is 0 Å². The molecule has 0 amide bonds. The lowest BCUT2D eigenvalue weighted by Crippen LogP contribution is -2.25. The third-order valence-electron chi connectivity index (χ3n) is 2.03. The molecule has 0 aliphatic heterocycles. The van der Waals surface area contributed by atoms with Gasteiger partial charge in [0.25, 0.3) is 0 Å². The second kappa shape index (κ2) is 6.77. The van der Waals surface area contributed by atoms with Crippen LogP contribution in [0, 0.1) is 10.1 Å². The molecule has 7 heteroatoms. The highest BCUT2D eigenvalue weighted by Crippen LogP contribution is 2.22. The fourth-order valence-electron chi connectivity index (χ4n) is 1.18. The summed E-state index contributed by atoms with van der Waals surface area (Å²) in [6.45, 7) is 0.515. The van der Waals surface area contributed by atoms with Crippen LogP contribution in [-0.4, -0.2) is 43.4 Å². The first-order valence-corrected chi connectivity index (χ1v) is 4.93. The predicted octanol–water partition coefficient (Wildman–Crippen LogP) is 1.03. The minimum absolute atomic E-state index is 0.121. The third-order valence-corrected chi connectivity index (χ3v) is 2.03. The summed E-state index contributed by atoms with van der Waals surface area (Å²) in [6, 6.07) is 3.06. The molecular formula is C10H14N2O5. The Balaban J connectivity index is 2.65. The van der Waals surface area contributed by atoms with E-state index in [0.29, 0.717) is 6.61 Å². The fraction of sp³-hybridized carbons (Fsp3) is 0.500. The van der Waals surface area contributed by atoms with E-state index in [1.807, 2.05) is 0 Å². The molecule has 1 heterocycles. The Morgan fingerprint density at radius 2 is 2.24 bits per heavy atom. The van der Waals surface area contributed by atoms with Crippen LogP contribution in [0.2, 0.25) is 0 Å². The molecule has 0 aromatic carbocycles. The zero-order valence-corrected chi connectivity index (χ0v) is 9.66. The maximum Gasteiger partial charge on any atom is 0.406 e. The van der Waals surface area contributed by atoms with Gasteiger partial charge in [0.15, 0.2) is 0 Å². The van der Waals surface area contributed by atoms with E-state index in [9.17, 15) is 10.1 Å². The van der Waals surface area contributed by atoms with Gasteiger partial charge in [0, 0.05) is 14.2 Å². The molecule has 1 aromatic heterocycles. The largest absolute Gasteiger partial charge is 0.483 e. The number of aromatic nitrogens is 1. The van der Waals surface area contributed by atoms with Gasteiger partial charge in [0.1, 0.15) is 18.9 Å². The van der Waals surface area contributed by atoms with Crippen molar-refractivity contribution in [1.29, 1.82) is 0 Å². The van der Waals surface area contributed by atoms with E-state index in [1.165, 1.54) is 19.4 Å². The predicted molar refractivity (Wildman–Crippen MR) is 59.1 cm³/mol. The summed E-state index contributed by atoms with van der Waals surface area (Å²) in [4.78, 5) is 13.7. The van der Waals surface area contributed by atoms with Crippen LogP contribution in [0.4, 0.5) is 5.82 Å². The number of hydrogen-bond acceptors (Lipinski definition) is 6. The monoisotopic (exact) mass is 242 g/mol. The average Bonchev–Trinajstić information content (AvgIpc) is 2.34. The number of ether oxygens (including phenoxy) is 3. The minimum Gasteiger partial charge on any atom is -0.483 e. The van der Waals surface area contributed by atoms with Crippen LogP contribution in [0.25, 0.3) is 0 Å². The van der Waals surface area contributed by atoms with Crippen LogP contribution in [0.15, 0.2) is 18.3 Å². The molecule has 0 aliphatic carbocycles. The van der Waals surface area contributed by atoms with Gasteiger partial charge in [-0.3, -0.25) is 0 Å². The summed E-state index contributed by atoms with van der Waals surface area (Å²) in [5.74, 6) is -0.185. The SMILES string of the molecule is COCC(COc1cccnc1[N+](=O)[O-])OC. The molecule has 1 rings (SSSR count). The van der Waals surface area contributed by atoms with Crippen molar-refractivity contribution in [3.63, 3.8) is 0 Å². The molecular weight excluding hydrogens is 228 g/mol. The number of methoxy groups -OCH3 is 2. The number of nitro groups is 1. The molecule has 17 heavy (non-hydrogen) atoms. The molecule has 1 aromatic rings. The van der Waals surface area contributed by atoms with Gasteiger partial charge in [-0.15, -0.1) is 0 Å². The van der Waals surface area contributed by atoms with Crippen LogP contribution in [0.5, 0.6) is 5.75 Å². The fourth-order valence-corrected chi connectivity index (χ4v) is 1.18. The first-order chi connectivity index (χ1) is 8.19. The van der Waals surface area contributed by atoms with Crippen molar-refractivity contribution in [3.8, 4) is 5.75 Å². The van der Waals surface area contributed by atoms with Crippen molar-refractivity contribution in [2.45, 2.75) is 6.10 Å². The van der Waals surface area contributed by atoms with Crippen molar-refractivity contribution in [2.24, 2.45) is 0 Å². The second-order valence-corrected chi connectivity index (χ2v) is 3.21. The van der Waals surface area contributed by atoms with Gasteiger partial charge < -0.3 is 24.3 Å². The Morgan fingerprint density at radius 3 is 2.82 bits per heavy atom. The van der Waals surface area contributed by atoms with Crippen molar-refractivity contribution in [2.75, 3.05) is 27.4 Å². The Bertz CT molecular complexity index is 371. The van der Waals surface area contributed by atoms with Gasteiger partial charge in [-0.1, -0.05) is 0 Å². The quantitative estimate of drug-likeness (QED) is 0.524. The van der Waals surface area contributed by atoms with E-state index in [-0.39, 0.29) is 24.3 Å². The molecule has 0 fully saturated rings. The normalized spacial score (nSPS) is 12.1. The maximum absolute atomic E-state index is 10.7. The first-order valence-electron chi connectivity index (χ1n) is 4.93. The maximum atomic E-state index is 10.7. The summed E-state index contributed by atoms with van der Waals surface area (Å²) < 4.78 is 15.3.